The Morgan fingerprint density at radius 3 is 1.64 bits per heavy atom. The van der Waals surface area contributed by atoms with Gasteiger partial charge in [-0.05, 0) is 13.8 Å². The van der Waals surface area contributed by atoms with E-state index in [1.54, 1.807) is 13.8 Å². The molecular formula is C7H17NO3. The molecule has 0 radical (unpaired) electrons. The first-order valence-corrected chi connectivity index (χ1v) is 3.38. The van der Waals surface area contributed by atoms with E-state index in [0.717, 1.165) is 0 Å². The quantitative estimate of drug-likeness (QED) is 0.332. The maximum Gasteiger partial charge on any atom is 0.103 e. The summed E-state index contributed by atoms with van der Waals surface area (Å²) in [5.74, 6) is 0. The fourth-order valence-electron chi connectivity index (χ4n) is 0.349. The fraction of sp³-hybridized carbons (Fsp3) is 0.714. The summed E-state index contributed by atoms with van der Waals surface area (Å²) in [6.45, 7) is 6.41. The van der Waals surface area contributed by atoms with Gasteiger partial charge in [0, 0.05) is 0 Å². The first-order chi connectivity index (χ1) is 5.04. The molecule has 0 bridgehead atoms. The molecule has 11 heavy (non-hydrogen) atoms. The van der Waals surface area contributed by atoms with Crippen molar-refractivity contribution in [3.8, 4) is 0 Å². The highest BCUT2D eigenvalue weighted by Gasteiger charge is 1.95. The van der Waals surface area contributed by atoms with Crippen molar-refractivity contribution in [3.63, 3.8) is 0 Å². The minimum Gasteiger partial charge on any atom is -0.392 e. The second-order valence-electron chi connectivity index (χ2n) is 1.99. The summed E-state index contributed by atoms with van der Waals surface area (Å²) in [5.41, 5.74) is 0. The maximum absolute atomic E-state index is 8.45. The topological polar surface area (TPSA) is 72.7 Å². The Balaban J connectivity index is 0. The molecule has 0 aliphatic heterocycles. The van der Waals surface area contributed by atoms with Crippen molar-refractivity contribution in [2.75, 3.05) is 6.61 Å². The lowest BCUT2D eigenvalue weighted by Gasteiger charge is -2.08. The summed E-state index contributed by atoms with van der Waals surface area (Å²) in [6, 6.07) is 0. The van der Waals surface area contributed by atoms with Crippen LogP contribution >= 0.6 is 0 Å². The standard InChI is InChI=1S/C4H11NO2.C3H6O/c1-3(6)5-4(2)7;1-2-3-4/h3-7H,1-2H3;2,4H,1,3H2. The number of aliphatic hydroxyl groups is 3. The monoisotopic (exact) mass is 163 g/mol. The van der Waals surface area contributed by atoms with E-state index >= 15 is 0 Å². The number of hydrogen-bond donors (Lipinski definition) is 4. The van der Waals surface area contributed by atoms with Crippen LogP contribution in [-0.4, -0.2) is 34.4 Å². The molecule has 0 aliphatic rings. The van der Waals surface area contributed by atoms with Gasteiger partial charge in [-0.15, -0.1) is 6.58 Å². The van der Waals surface area contributed by atoms with Gasteiger partial charge in [-0.2, -0.15) is 0 Å². The Bertz CT molecular complexity index is 77.8. The summed E-state index contributed by atoms with van der Waals surface area (Å²) in [4.78, 5) is 0. The van der Waals surface area contributed by atoms with E-state index in [9.17, 15) is 0 Å². The zero-order valence-electron chi connectivity index (χ0n) is 6.99. The van der Waals surface area contributed by atoms with Gasteiger partial charge < -0.3 is 15.3 Å². The zero-order chi connectivity index (χ0) is 9.28. The van der Waals surface area contributed by atoms with E-state index in [-0.39, 0.29) is 6.61 Å². The lowest BCUT2D eigenvalue weighted by atomic mass is 10.6. The van der Waals surface area contributed by atoms with Crippen LogP contribution in [0.4, 0.5) is 0 Å². The number of aliphatic hydroxyl groups excluding tert-OH is 3. The molecule has 0 fully saturated rings. The minimum atomic E-state index is -0.625. The molecule has 0 rings (SSSR count). The molecule has 2 unspecified atom stereocenters. The van der Waals surface area contributed by atoms with Gasteiger partial charge in [0.1, 0.15) is 12.5 Å². The van der Waals surface area contributed by atoms with E-state index < -0.39 is 12.5 Å². The van der Waals surface area contributed by atoms with Gasteiger partial charge in [0.05, 0.1) is 6.61 Å². The third kappa shape index (κ3) is 26.2. The SMILES string of the molecule is C=CCO.CC(O)NC(C)O. The lowest BCUT2D eigenvalue weighted by molar-refractivity contribution is 0.0632. The van der Waals surface area contributed by atoms with E-state index in [0.29, 0.717) is 0 Å². The smallest absolute Gasteiger partial charge is 0.103 e. The van der Waals surface area contributed by atoms with Crippen LogP contribution in [0.25, 0.3) is 0 Å². The van der Waals surface area contributed by atoms with Crippen LogP contribution in [0.1, 0.15) is 13.8 Å². The van der Waals surface area contributed by atoms with Gasteiger partial charge in [0.2, 0.25) is 0 Å². The van der Waals surface area contributed by atoms with Gasteiger partial charge in [-0.3, -0.25) is 5.32 Å². The summed E-state index contributed by atoms with van der Waals surface area (Å²) in [5, 5.41) is 27.1. The summed E-state index contributed by atoms with van der Waals surface area (Å²) < 4.78 is 0. The lowest BCUT2D eigenvalue weighted by Crippen LogP contribution is -2.33. The Hall–Kier alpha value is -0.420. The molecule has 0 aromatic heterocycles. The van der Waals surface area contributed by atoms with Crippen molar-refractivity contribution < 1.29 is 15.3 Å². The average molecular weight is 163 g/mol. The predicted molar refractivity (Wildman–Crippen MR) is 43.8 cm³/mol. The largest absolute Gasteiger partial charge is 0.392 e. The Labute approximate surface area is 67.2 Å². The molecule has 0 spiro atoms. The normalized spacial score (nSPS) is 14.3. The summed E-state index contributed by atoms with van der Waals surface area (Å²) in [6.07, 6.45) is 0.181. The molecule has 68 valence electrons. The van der Waals surface area contributed by atoms with E-state index in [1.165, 1.54) is 6.08 Å². The van der Waals surface area contributed by atoms with Crippen LogP contribution in [0.5, 0.6) is 0 Å². The third-order valence-corrected chi connectivity index (χ3v) is 0.612. The second kappa shape index (κ2) is 9.58. The van der Waals surface area contributed by atoms with Crippen LogP contribution in [0.2, 0.25) is 0 Å². The van der Waals surface area contributed by atoms with Crippen LogP contribution in [0.3, 0.4) is 0 Å². The first kappa shape index (κ1) is 13.2. The second-order valence-corrected chi connectivity index (χ2v) is 1.99. The van der Waals surface area contributed by atoms with E-state index in [2.05, 4.69) is 11.9 Å². The molecule has 0 aromatic rings. The number of rotatable bonds is 3. The summed E-state index contributed by atoms with van der Waals surface area (Å²) >= 11 is 0. The Kier molecular flexibility index (Phi) is 11.5. The van der Waals surface area contributed by atoms with Crippen molar-refractivity contribution >= 4 is 0 Å². The molecular weight excluding hydrogens is 146 g/mol. The highest BCUT2D eigenvalue weighted by atomic mass is 16.3. The van der Waals surface area contributed by atoms with Crippen molar-refractivity contribution in [1.29, 1.82) is 0 Å². The van der Waals surface area contributed by atoms with Crippen LogP contribution in [-0.2, 0) is 0 Å². The van der Waals surface area contributed by atoms with E-state index in [1.807, 2.05) is 0 Å². The minimum absolute atomic E-state index is 0.0833. The van der Waals surface area contributed by atoms with Crippen molar-refractivity contribution in [3.05, 3.63) is 12.7 Å². The zero-order valence-corrected chi connectivity index (χ0v) is 6.99. The van der Waals surface area contributed by atoms with Crippen LogP contribution < -0.4 is 5.32 Å². The molecule has 0 amide bonds. The average Bonchev–Trinajstić information content (AvgIpc) is 1.85. The molecule has 0 heterocycles. The third-order valence-electron chi connectivity index (χ3n) is 0.612. The summed E-state index contributed by atoms with van der Waals surface area (Å²) in [7, 11) is 0. The van der Waals surface area contributed by atoms with Crippen LogP contribution in [0, 0.1) is 0 Å². The van der Waals surface area contributed by atoms with Gasteiger partial charge in [0.25, 0.3) is 0 Å². The fourth-order valence-corrected chi connectivity index (χ4v) is 0.349. The molecule has 2 atom stereocenters. The highest BCUT2D eigenvalue weighted by molar-refractivity contribution is 4.60. The maximum atomic E-state index is 8.45. The number of nitrogens with one attached hydrogen (secondary N) is 1. The first-order valence-electron chi connectivity index (χ1n) is 3.38. The Morgan fingerprint density at radius 2 is 1.64 bits per heavy atom. The van der Waals surface area contributed by atoms with Crippen molar-refractivity contribution in [1.82, 2.24) is 5.32 Å². The van der Waals surface area contributed by atoms with Gasteiger partial charge in [-0.1, -0.05) is 6.08 Å². The van der Waals surface area contributed by atoms with Gasteiger partial charge in [0.15, 0.2) is 0 Å². The number of hydrogen-bond acceptors (Lipinski definition) is 4. The molecule has 4 nitrogen and oxygen atoms in total. The van der Waals surface area contributed by atoms with Gasteiger partial charge >= 0.3 is 0 Å². The van der Waals surface area contributed by atoms with E-state index in [4.69, 9.17) is 15.3 Å². The molecule has 0 saturated heterocycles. The van der Waals surface area contributed by atoms with Crippen LogP contribution in [0.15, 0.2) is 12.7 Å². The molecule has 0 aromatic carbocycles. The highest BCUT2D eigenvalue weighted by Crippen LogP contribution is 1.74. The molecule has 0 saturated carbocycles. The van der Waals surface area contributed by atoms with Crippen molar-refractivity contribution in [2.24, 2.45) is 0 Å². The molecule has 0 aliphatic carbocycles. The van der Waals surface area contributed by atoms with Crippen molar-refractivity contribution in [2.45, 2.75) is 26.3 Å². The van der Waals surface area contributed by atoms with Gasteiger partial charge in [-0.25, -0.2) is 0 Å². The predicted octanol–water partition coefficient (Wildman–Crippen LogP) is -0.583. The molecule has 4 N–H and O–H groups in total. The Morgan fingerprint density at radius 1 is 1.36 bits per heavy atom. The molecule has 4 heteroatoms.